The Morgan fingerprint density at radius 2 is 1.65 bits per heavy atom. The van der Waals surface area contributed by atoms with Crippen LogP contribution in [0.15, 0.2) is 24.3 Å². The van der Waals surface area contributed by atoms with Gasteiger partial charge in [-0.05, 0) is 42.2 Å². The third-order valence-corrected chi connectivity index (χ3v) is 3.80. The van der Waals surface area contributed by atoms with Gasteiger partial charge in [0.15, 0.2) is 0 Å². The van der Waals surface area contributed by atoms with Crippen LogP contribution < -0.4 is 5.73 Å². The molecule has 1 aliphatic carbocycles. The Kier molecular flexibility index (Phi) is 3.31. The Morgan fingerprint density at radius 3 is 2.12 bits per heavy atom. The van der Waals surface area contributed by atoms with E-state index in [1.807, 2.05) is 0 Å². The number of benzene rings is 1. The minimum absolute atomic E-state index is 0.0228. The third kappa shape index (κ3) is 3.32. The van der Waals surface area contributed by atoms with E-state index in [-0.39, 0.29) is 5.54 Å². The lowest BCUT2D eigenvalue weighted by atomic mass is 9.84. The van der Waals surface area contributed by atoms with Crippen molar-refractivity contribution in [3.63, 3.8) is 0 Å². The van der Waals surface area contributed by atoms with Gasteiger partial charge in [-0.2, -0.15) is 0 Å². The molecule has 0 atom stereocenters. The average molecular weight is 231 g/mol. The molecule has 0 unspecified atom stereocenters. The highest BCUT2D eigenvalue weighted by Gasteiger charge is 2.32. The zero-order valence-electron chi connectivity index (χ0n) is 11.4. The number of fused-ring (bicyclic) bond motifs is 1. The fourth-order valence-corrected chi connectivity index (χ4v) is 2.87. The second-order valence-corrected chi connectivity index (χ2v) is 6.90. The maximum absolute atomic E-state index is 6.54. The van der Waals surface area contributed by atoms with Gasteiger partial charge >= 0.3 is 0 Å². The van der Waals surface area contributed by atoms with Crippen LogP contribution in [0, 0.1) is 5.41 Å². The molecular formula is C16H25N. The Hall–Kier alpha value is -0.820. The van der Waals surface area contributed by atoms with E-state index in [4.69, 9.17) is 5.73 Å². The second-order valence-electron chi connectivity index (χ2n) is 6.90. The molecule has 0 spiro atoms. The standard InChI is InChI=1S/C16H25N/c1-15(2,3)9-6-10-16(17)11-13-7-4-5-8-14(13)12-16/h4-5,7-8H,6,9-12,17H2,1-3H3. The molecule has 94 valence electrons. The van der Waals surface area contributed by atoms with E-state index in [2.05, 4.69) is 45.0 Å². The largest absolute Gasteiger partial charge is 0.324 e. The Balaban J connectivity index is 1.91. The summed E-state index contributed by atoms with van der Waals surface area (Å²) in [6.45, 7) is 6.92. The molecule has 0 saturated carbocycles. The summed E-state index contributed by atoms with van der Waals surface area (Å²) in [5.74, 6) is 0. The molecule has 1 aromatic rings. The van der Waals surface area contributed by atoms with Gasteiger partial charge in [-0.1, -0.05) is 51.5 Å². The summed E-state index contributed by atoms with van der Waals surface area (Å²) < 4.78 is 0. The Morgan fingerprint density at radius 1 is 1.12 bits per heavy atom. The van der Waals surface area contributed by atoms with Crippen LogP contribution in [0.3, 0.4) is 0 Å². The summed E-state index contributed by atoms with van der Waals surface area (Å²) in [5.41, 5.74) is 9.92. The van der Waals surface area contributed by atoms with Crippen molar-refractivity contribution < 1.29 is 0 Å². The van der Waals surface area contributed by atoms with Crippen molar-refractivity contribution in [1.29, 1.82) is 0 Å². The number of rotatable bonds is 3. The highest BCUT2D eigenvalue weighted by atomic mass is 14.7. The molecule has 0 aromatic heterocycles. The first kappa shape index (κ1) is 12.6. The maximum atomic E-state index is 6.54. The van der Waals surface area contributed by atoms with Gasteiger partial charge in [0, 0.05) is 5.54 Å². The first-order valence-electron chi connectivity index (χ1n) is 6.74. The summed E-state index contributed by atoms with van der Waals surface area (Å²) >= 11 is 0. The first-order chi connectivity index (χ1) is 7.88. The molecule has 0 heterocycles. The van der Waals surface area contributed by atoms with Crippen molar-refractivity contribution in [2.75, 3.05) is 0 Å². The minimum atomic E-state index is 0.0228. The summed E-state index contributed by atoms with van der Waals surface area (Å²) in [5, 5.41) is 0. The molecule has 17 heavy (non-hydrogen) atoms. The molecule has 1 aromatic carbocycles. The van der Waals surface area contributed by atoms with E-state index in [1.165, 1.54) is 24.0 Å². The Labute approximate surface area is 105 Å². The fraction of sp³-hybridized carbons (Fsp3) is 0.625. The molecular weight excluding hydrogens is 206 g/mol. The molecule has 1 nitrogen and oxygen atoms in total. The van der Waals surface area contributed by atoms with Crippen molar-refractivity contribution in [3.8, 4) is 0 Å². The summed E-state index contributed by atoms with van der Waals surface area (Å²) in [6, 6.07) is 8.71. The zero-order chi connectivity index (χ0) is 12.5. The molecule has 2 N–H and O–H groups in total. The summed E-state index contributed by atoms with van der Waals surface area (Å²) in [6.07, 6.45) is 5.79. The molecule has 0 saturated heterocycles. The summed E-state index contributed by atoms with van der Waals surface area (Å²) in [7, 11) is 0. The van der Waals surface area contributed by atoms with E-state index in [0.717, 1.165) is 19.3 Å². The van der Waals surface area contributed by atoms with Crippen molar-refractivity contribution >= 4 is 0 Å². The quantitative estimate of drug-likeness (QED) is 0.843. The molecule has 0 radical (unpaired) electrons. The van der Waals surface area contributed by atoms with Crippen LogP contribution in [-0.2, 0) is 12.8 Å². The van der Waals surface area contributed by atoms with Crippen molar-refractivity contribution in [3.05, 3.63) is 35.4 Å². The molecule has 0 fully saturated rings. The van der Waals surface area contributed by atoms with Gasteiger partial charge in [-0.25, -0.2) is 0 Å². The van der Waals surface area contributed by atoms with Gasteiger partial charge < -0.3 is 5.73 Å². The fourth-order valence-electron chi connectivity index (χ4n) is 2.87. The van der Waals surface area contributed by atoms with Crippen LogP contribution in [0.5, 0.6) is 0 Å². The molecule has 0 bridgehead atoms. The van der Waals surface area contributed by atoms with Crippen LogP contribution in [-0.4, -0.2) is 5.54 Å². The third-order valence-electron chi connectivity index (χ3n) is 3.80. The topological polar surface area (TPSA) is 26.0 Å². The van der Waals surface area contributed by atoms with Gasteiger partial charge in [0.25, 0.3) is 0 Å². The van der Waals surface area contributed by atoms with E-state index in [1.54, 1.807) is 0 Å². The average Bonchev–Trinajstić information content (AvgIpc) is 2.51. The molecule has 0 aliphatic heterocycles. The minimum Gasteiger partial charge on any atom is -0.324 e. The smallest absolute Gasteiger partial charge is 0.0236 e. The van der Waals surface area contributed by atoms with Gasteiger partial charge in [0.05, 0.1) is 0 Å². The van der Waals surface area contributed by atoms with Crippen LogP contribution in [0.25, 0.3) is 0 Å². The highest BCUT2D eigenvalue weighted by Crippen LogP contribution is 2.33. The van der Waals surface area contributed by atoms with Gasteiger partial charge in [0.2, 0.25) is 0 Å². The van der Waals surface area contributed by atoms with Crippen LogP contribution in [0.2, 0.25) is 0 Å². The van der Waals surface area contributed by atoms with Crippen molar-refractivity contribution in [2.24, 2.45) is 11.1 Å². The lowest BCUT2D eigenvalue weighted by Gasteiger charge is -2.26. The predicted molar refractivity (Wildman–Crippen MR) is 74.1 cm³/mol. The SMILES string of the molecule is CC(C)(C)CCCC1(N)Cc2ccccc2C1. The normalized spacial score (nSPS) is 18.1. The Bertz CT molecular complexity index is 362. The number of hydrogen-bond donors (Lipinski definition) is 1. The van der Waals surface area contributed by atoms with Crippen LogP contribution >= 0.6 is 0 Å². The van der Waals surface area contributed by atoms with E-state index in [9.17, 15) is 0 Å². The number of hydrogen-bond acceptors (Lipinski definition) is 1. The molecule has 1 aliphatic rings. The lowest BCUT2D eigenvalue weighted by Crippen LogP contribution is -2.40. The molecule has 0 amide bonds. The van der Waals surface area contributed by atoms with Crippen LogP contribution in [0.1, 0.15) is 51.2 Å². The van der Waals surface area contributed by atoms with Crippen molar-refractivity contribution in [2.45, 2.75) is 58.4 Å². The van der Waals surface area contributed by atoms with Gasteiger partial charge in [0.1, 0.15) is 0 Å². The van der Waals surface area contributed by atoms with E-state index >= 15 is 0 Å². The van der Waals surface area contributed by atoms with Crippen molar-refractivity contribution in [1.82, 2.24) is 0 Å². The van der Waals surface area contributed by atoms with E-state index < -0.39 is 0 Å². The second kappa shape index (κ2) is 4.45. The van der Waals surface area contributed by atoms with Gasteiger partial charge in [-0.3, -0.25) is 0 Å². The van der Waals surface area contributed by atoms with Gasteiger partial charge in [-0.15, -0.1) is 0 Å². The highest BCUT2D eigenvalue weighted by molar-refractivity contribution is 5.35. The zero-order valence-corrected chi connectivity index (χ0v) is 11.4. The number of nitrogens with two attached hydrogens (primary N) is 1. The summed E-state index contributed by atoms with van der Waals surface area (Å²) in [4.78, 5) is 0. The molecule has 2 rings (SSSR count). The predicted octanol–water partition coefficient (Wildman–Crippen LogP) is 3.70. The molecule has 1 heteroatoms. The monoisotopic (exact) mass is 231 g/mol. The van der Waals surface area contributed by atoms with E-state index in [0.29, 0.717) is 5.41 Å². The first-order valence-corrected chi connectivity index (χ1v) is 6.74. The maximum Gasteiger partial charge on any atom is 0.0236 e. The van der Waals surface area contributed by atoms with Crippen LogP contribution in [0.4, 0.5) is 0 Å². The lowest BCUT2D eigenvalue weighted by molar-refractivity contribution is 0.319.